The largest absolute Gasteiger partial charge is 0.458 e. The van der Waals surface area contributed by atoms with Crippen molar-refractivity contribution in [3.8, 4) is 0 Å². The molecule has 0 saturated heterocycles. The van der Waals surface area contributed by atoms with Gasteiger partial charge in [-0.25, -0.2) is 0 Å². The van der Waals surface area contributed by atoms with Crippen LogP contribution < -0.4 is 0 Å². The van der Waals surface area contributed by atoms with Gasteiger partial charge in [-0.05, 0) is 38.0 Å². The first kappa shape index (κ1) is 12.1. The standard InChI is InChI=1S/C14H18O3/c1-10-5-6-13-11(8-10)9-14(17-13)12(15)4-3-7-16-2/h5-6,8-9,12,15H,3-4,7H2,1-2H3. The van der Waals surface area contributed by atoms with Crippen molar-refractivity contribution in [3.05, 3.63) is 35.6 Å². The van der Waals surface area contributed by atoms with Crippen molar-refractivity contribution in [2.75, 3.05) is 13.7 Å². The van der Waals surface area contributed by atoms with Crippen LogP contribution in [0.3, 0.4) is 0 Å². The molecular weight excluding hydrogens is 216 g/mol. The highest BCUT2D eigenvalue weighted by Gasteiger charge is 2.12. The van der Waals surface area contributed by atoms with Crippen molar-refractivity contribution in [2.24, 2.45) is 0 Å². The lowest BCUT2D eigenvalue weighted by molar-refractivity contribution is 0.120. The Morgan fingerprint density at radius 1 is 1.35 bits per heavy atom. The second kappa shape index (κ2) is 5.34. The molecule has 1 aromatic carbocycles. The summed E-state index contributed by atoms with van der Waals surface area (Å²) < 4.78 is 10.6. The lowest BCUT2D eigenvalue weighted by Gasteiger charge is -2.06. The Bertz CT molecular complexity index is 487. The van der Waals surface area contributed by atoms with Gasteiger partial charge in [-0.2, -0.15) is 0 Å². The molecule has 0 aliphatic rings. The van der Waals surface area contributed by atoms with Gasteiger partial charge in [0.05, 0.1) is 0 Å². The summed E-state index contributed by atoms with van der Waals surface area (Å²) in [5.41, 5.74) is 2.02. The van der Waals surface area contributed by atoms with E-state index in [2.05, 4.69) is 6.07 Å². The van der Waals surface area contributed by atoms with Crippen molar-refractivity contribution >= 4 is 11.0 Å². The molecular formula is C14H18O3. The van der Waals surface area contributed by atoms with Crippen LogP contribution in [0.5, 0.6) is 0 Å². The van der Waals surface area contributed by atoms with Crippen LogP contribution in [0.4, 0.5) is 0 Å². The van der Waals surface area contributed by atoms with E-state index >= 15 is 0 Å². The van der Waals surface area contributed by atoms with Crippen LogP contribution in [0.25, 0.3) is 11.0 Å². The van der Waals surface area contributed by atoms with Gasteiger partial charge in [-0.1, -0.05) is 11.6 Å². The molecule has 0 bridgehead atoms. The van der Waals surface area contributed by atoms with Crippen LogP contribution in [-0.4, -0.2) is 18.8 Å². The zero-order valence-corrected chi connectivity index (χ0v) is 10.3. The maximum Gasteiger partial charge on any atom is 0.134 e. The minimum Gasteiger partial charge on any atom is -0.458 e. The van der Waals surface area contributed by atoms with E-state index in [-0.39, 0.29) is 0 Å². The quantitative estimate of drug-likeness (QED) is 0.808. The first-order valence-corrected chi connectivity index (χ1v) is 5.88. The molecule has 1 atom stereocenters. The Labute approximate surface area is 101 Å². The molecule has 0 radical (unpaired) electrons. The predicted molar refractivity (Wildman–Crippen MR) is 67.0 cm³/mol. The highest BCUT2D eigenvalue weighted by Crippen LogP contribution is 2.26. The smallest absolute Gasteiger partial charge is 0.134 e. The molecule has 3 heteroatoms. The fraction of sp³-hybridized carbons (Fsp3) is 0.429. The van der Waals surface area contributed by atoms with E-state index in [9.17, 15) is 5.11 Å². The number of furan rings is 1. The zero-order valence-electron chi connectivity index (χ0n) is 10.3. The van der Waals surface area contributed by atoms with E-state index in [0.717, 1.165) is 17.4 Å². The summed E-state index contributed by atoms with van der Waals surface area (Å²) in [6.07, 6.45) is 0.943. The minimum atomic E-state index is -0.544. The number of rotatable bonds is 5. The van der Waals surface area contributed by atoms with E-state index in [4.69, 9.17) is 9.15 Å². The molecule has 1 aromatic heterocycles. The van der Waals surface area contributed by atoms with E-state index in [1.54, 1.807) is 7.11 Å². The van der Waals surface area contributed by atoms with Crippen LogP contribution in [0, 0.1) is 6.92 Å². The van der Waals surface area contributed by atoms with Crippen molar-refractivity contribution in [2.45, 2.75) is 25.9 Å². The normalized spacial score (nSPS) is 13.1. The first-order valence-electron chi connectivity index (χ1n) is 5.88. The summed E-state index contributed by atoms with van der Waals surface area (Å²) in [5, 5.41) is 11.0. The van der Waals surface area contributed by atoms with Crippen molar-refractivity contribution in [1.82, 2.24) is 0 Å². The second-order valence-electron chi connectivity index (χ2n) is 4.34. The van der Waals surface area contributed by atoms with Crippen molar-refractivity contribution < 1.29 is 14.3 Å². The second-order valence-corrected chi connectivity index (χ2v) is 4.34. The molecule has 1 heterocycles. The lowest BCUT2D eigenvalue weighted by Crippen LogP contribution is -1.98. The Morgan fingerprint density at radius 2 is 2.18 bits per heavy atom. The van der Waals surface area contributed by atoms with Crippen molar-refractivity contribution in [3.63, 3.8) is 0 Å². The average Bonchev–Trinajstić information content (AvgIpc) is 2.72. The fourth-order valence-corrected chi connectivity index (χ4v) is 1.91. The topological polar surface area (TPSA) is 42.6 Å². The molecule has 1 N–H and O–H groups in total. The molecule has 2 rings (SSSR count). The third kappa shape index (κ3) is 2.87. The third-order valence-corrected chi connectivity index (χ3v) is 2.85. The van der Waals surface area contributed by atoms with Gasteiger partial charge in [0.1, 0.15) is 17.4 Å². The van der Waals surface area contributed by atoms with Gasteiger partial charge in [0.15, 0.2) is 0 Å². The van der Waals surface area contributed by atoms with Gasteiger partial charge < -0.3 is 14.3 Å². The maximum absolute atomic E-state index is 9.97. The van der Waals surface area contributed by atoms with E-state index < -0.39 is 6.10 Å². The summed E-state index contributed by atoms with van der Waals surface area (Å²) in [6.45, 7) is 2.71. The monoisotopic (exact) mass is 234 g/mol. The van der Waals surface area contributed by atoms with Gasteiger partial charge in [-0.3, -0.25) is 0 Å². The zero-order chi connectivity index (χ0) is 12.3. The van der Waals surface area contributed by atoms with Crippen LogP contribution in [0.1, 0.15) is 30.3 Å². The first-order chi connectivity index (χ1) is 8.20. The predicted octanol–water partition coefficient (Wildman–Crippen LogP) is 3.20. The summed E-state index contributed by atoms with van der Waals surface area (Å²) in [7, 11) is 1.66. The van der Waals surface area contributed by atoms with Gasteiger partial charge in [0.25, 0.3) is 0 Å². The van der Waals surface area contributed by atoms with Crippen LogP contribution in [0.15, 0.2) is 28.7 Å². The third-order valence-electron chi connectivity index (χ3n) is 2.85. The Kier molecular flexibility index (Phi) is 3.82. The van der Waals surface area contributed by atoms with Crippen LogP contribution in [-0.2, 0) is 4.74 Å². The Balaban J connectivity index is 2.12. The van der Waals surface area contributed by atoms with Gasteiger partial charge in [0, 0.05) is 19.1 Å². The SMILES string of the molecule is COCCCC(O)c1cc2cc(C)ccc2o1. The molecule has 17 heavy (non-hydrogen) atoms. The minimum absolute atomic E-state index is 0.544. The number of aliphatic hydroxyl groups is 1. The van der Waals surface area contributed by atoms with Gasteiger partial charge in [-0.15, -0.1) is 0 Å². The van der Waals surface area contributed by atoms with Gasteiger partial charge in [0.2, 0.25) is 0 Å². The highest BCUT2D eigenvalue weighted by atomic mass is 16.5. The number of benzene rings is 1. The molecule has 2 aromatic rings. The maximum atomic E-state index is 9.97. The van der Waals surface area contributed by atoms with Gasteiger partial charge >= 0.3 is 0 Å². The summed E-state index contributed by atoms with van der Waals surface area (Å²) >= 11 is 0. The number of aryl methyl sites for hydroxylation is 1. The molecule has 0 spiro atoms. The highest BCUT2D eigenvalue weighted by molar-refractivity contribution is 5.78. The number of hydrogen-bond acceptors (Lipinski definition) is 3. The molecule has 0 aliphatic heterocycles. The van der Waals surface area contributed by atoms with E-state index in [0.29, 0.717) is 18.8 Å². The average molecular weight is 234 g/mol. The van der Waals surface area contributed by atoms with Crippen LogP contribution >= 0.6 is 0 Å². The summed E-state index contributed by atoms with van der Waals surface area (Å²) in [6, 6.07) is 7.92. The molecule has 0 amide bonds. The molecule has 3 nitrogen and oxygen atoms in total. The summed E-state index contributed by atoms with van der Waals surface area (Å²) in [4.78, 5) is 0. The van der Waals surface area contributed by atoms with Crippen LogP contribution in [0.2, 0.25) is 0 Å². The Morgan fingerprint density at radius 3 is 2.94 bits per heavy atom. The van der Waals surface area contributed by atoms with E-state index in [1.165, 1.54) is 5.56 Å². The molecule has 0 fully saturated rings. The molecule has 0 aliphatic carbocycles. The Hall–Kier alpha value is -1.32. The lowest BCUT2D eigenvalue weighted by atomic mass is 10.1. The number of ether oxygens (including phenoxy) is 1. The number of hydrogen-bond donors (Lipinski definition) is 1. The van der Waals surface area contributed by atoms with E-state index in [1.807, 2.05) is 25.1 Å². The molecule has 92 valence electrons. The number of methoxy groups -OCH3 is 1. The summed E-state index contributed by atoms with van der Waals surface area (Å²) in [5.74, 6) is 0.640. The number of fused-ring (bicyclic) bond motifs is 1. The molecule has 1 unspecified atom stereocenters. The number of aliphatic hydroxyl groups excluding tert-OH is 1. The fourth-order valence-electron chi connectivity index (χ4n) is 1.91. The van der Waals surface area contributed by atoms with Crippen molar-refractivity contribution in [1.29, 1.82) is 0 Å². The molecule has 0 saturated carbocycles.